The number of hydrogen-bond donors (Lipinski definition) is 1. The van der Waals surface area contributed by atoms with E-state index in [1.807, 2.05) is 44.2 Å². The monoisotopic (exact) mass is 209 g/mol. The molecule has 0 radical (unpaired) electrons. The molecule has 0 aliphatic heterocycles. The Kier molecular flexibility index (Phi) is 7.28. The molecule has 3 heteroatoms. The molecule has 1 unspecified atom stereocenters. The molecule has 1 aromatic carbocycles. The van der Waals surface area contributed by atoms with Gasteiger partial charge < -0.3 is 10.5 Å². The summed E-state index contributed by atoms with van der Waals surface area (Å²) in [4.78, 5) is 10.9. The van der Waals surface area contributed by atoms with Crippen LogP contribution in [0.25, 0.3) is 0 Å². The highest BCUT2D eigenvalue weighted by molar-refractivity contribution is 5.70. The number of carbonyl (C=O) groups is 1. The molecule has 3 nitrogen and oxygen atoms in total. The van der Waals surface area contributed by atoms with Crippen LogP contribution in [0.1, 0.15) is 31.9 Å². The van der Waals surface area contributed by atoms with Crippen molar-refractivity contribution in [2.45, 2.75) is 26.3 Å². The highest BCUT2D eigenvalue weighted by Crippen LogP contribution is 2.13. The smallest absolute Gasteiger partial charge is 0.307 e. The Morgan fingerprint density at radius 2 is 1.87 bits per heavy atom. The molecule has 84 valence electrons. The molecule has 15 heavy (non-hydrogen) atoms. The van der Waals surface area contributed by atoms with Gasteiger partial charge in [0, 0.05) is 6.04 Å². The number of hydrogen-bond acceptors (Lipinski definition) is 3. The minimum absolute atomic E-state index is 0.223. The molecule has 0 fully saturated rings. The van der Waals surface area contributed by atoms with Crippen molar-refractivity contribution in [2.75, 3.05) is 7.11 Å². The molecule has 0 heterocycles. The molecule has 2 N–H and O–H groups in total. The molecular formula is C12H19NO2. The van der Waals surface area contributed by atoms with E-state index in [9.17, 15) is 4.79 Å². The van der Waals surface area contributed by atoms with Crippen LogP contribution in [0, 0.1) is 0 Å². The number of benzene rings is 1. The van der Waals surface area contributed by atoms with Gasteiger partial charge in [-0.15, -0.1) is 0 Å². The van der Waals surface area contributed by atoms with Crippen LogP contribution in [0.4, 0.5) is 0 Å². The van der Waals surface area contributed by atoms with Crippen LogP contribution in [0.15, 0.2) is 30.3 Å². The Labute approximate surface area is 91.2 Å². The normalized spacial score (nSPS) is 10.9. The van der Waals surface area contributed by atoms with Crippen LogP contribution in [0.3, 0.4) is 0 Å². The van der Waals surface area contributed by atoms with E-state index in [4.69, 9.17) is 5.73 Å². The molecule has 0 spiro atoms. The third-order valence-electron chi connectivity index (χ3n) is 1.84. The summed E-state index contributed by atoms with van der Waals surface area (Å²) in [5.41, 5.74) is 6.72. The summed E-state index contributed by atoms with van der Waals surface area (Å²) in [6, 6.07) is 9.22. The molecule has 0 saturated carbocycles. The maximum Gasteiger partial charge on any atom is 0.307 e. The van der Waals surface area contributed by atoms with E-state index in [1.165, 1.54) is 7.11 Å². The highest BCUT2D eigenvalue weighted by Gasteiger charge is 2.10. The molecule has 1 atom stereocenters. The lowest BCUT2D eigenvalue weighted by molar-refractivity contribution is -0.141. The molecule has 0 aromatic heterocycles. The number of esters is 1. The predicted molar refractivity (Wildman–Crippen MR) is 61.4 cm³/mol. The van der Waals surface area contributed by atoms with Crippen molar-refractivity contribution >= 4 is 5.97 Å². The SMILES string of the molecule is CC.COC(=O)CC(N)c1ccccc1. The third kappa shape index (κ3) is 5.18. The van der Waals surface area contributed by atoms with E-state index in [1.54, 1.807) is 0 Å². The lowest BCUT2D eigenvalue weighted by Crippen LogP contribution is -2.16. The minimum Gasteiger partial charge on any atom is -0.469 e. The fourth-order valence-corrected chi connectivity index (χ4v) is 1.08. The zero-order valence-electron chi connectivity index (χ0n) is 9.57. The van der Waals surface area contributed by atoms with Crippen molar-refractivity contribution in [3.8, 4) is 0 Å². The van der Waals surface area contributed by atoms with Gasteiger partial charge in [-0.25, -0.2) is 0 Å². The van der Waals surface area contributed by atoms with Gasteiger partial charge in [-0.3, -0.25) is 4.79 Å². The van der Waals surface area contributed by atoms with Crippen molar-refractivity contribution in [1.29, 1.82) is 0 Å². The number of nitrogens with two attached hydrogens (primary N) is 1. The second kappa shape index (κ2) is 8.00. The van der Waals surface area contributed by atoms with Gasteiger partial charge >= 0.3 is 5.97 Å². The second-order valence-corrected chi connectivity index (χ2v) is 2.80. The zero-order chi connectivity index (χ0) is 11.7. The number of methoxy groups -OCH3 is 1. The maximum atomic E-state index is 10.9. The van der Waals surface area contributed by atoms with E-state index in [0.29, 0.717) is 0 Å². The minimum atomic E-state index is -0.281. The summed E-state index contributed by atoms with van der Waals surface area (Å²) in [5, 5.41) is 0. The lowest BCUT2D eigenvalue weighted by atomic mass is 10.1. The second-order valence-electron chi connectivity index (χ2n) is 2.80. The van der Waals surface area contributed by atoms with Gasteiger partial charge in [-0.1, -0.05) is 44.2 Å². The Morgan fingerprint density at radius 3 is 2.33 bits per heavy atom. The first-order chi connectivity index (χ1) is 7.24. The Morgan fingerprint density at radius 1 is 1.33 bits per heavy atom. The largest absolute Gasteiger partial charge is 0.469 e. The summed E-state index contributed by atoms with van der Waals surface area (Å²) < 4.78 is 4.52. The van der Waals surface area contributed by atoms with E-state index in [0.717, 1.165) is 5.56 Å². The summed E-state index contributed by atoms with van der Waals surface area (Å²) in [6.07, 6.45) is 0.223. The molecule has 0 bridgehead atoms. The van der Waals surface area contributed by atoms with Crippen LogP contribution in [-0.4, -0.2) is 13.1 Å². The molecule has 0 saturated heterocycles. The zero-order valence-corrected chi connectivity index (χ0v) is 9.57. The van der Waals surface area contributed by atoms with Crippen LogP contribution < -0.4 is 5.73 Å². The van der Waals surface area contributed by atoms with Gasteiger partial charge in [0.05, 0.1) is 13.5 Å². The highest BCUT2D eigenvalue weighted by atomic mass is 16.5. The van der Waals surface area contributed by atoms with E-state index < -0.39 is 0 Å². The first-order valence-corrected chi connectivity index (χ1v) is 5.11. The first kappa shape index (κ1) is 13.7. The van der Waals surface area contributed by atoms with Crippen LogP contribution >= 0.6 is 0 Å². The number of carbonyl (C=O) groups excluding carboxylic acids is 1. The van der Waals surface area contributed by atoms with Crippen LogP contribution in [0.2, 0.25) is 0 Å². The van der Waals surface area contributed by atoms with Crippen LogP contribution in [0.5, 0.6) is 0 Å². The average molecular weight is 209 g/mol. The standard InChI is InChI=1S/C10H13NO2.C2H6/c1-13-10(12)7-9(11)8-5-3-2-4-6-8;1-2/h2-6,9H,7,11H2,1H3;1-2H3. The topological polar surface area (TPSA) is 52.3 Å². The van der Waals surface area contributed by atoms with E-state index in [-0.39, 0.29) is 18.4 Å². The van der Waals surface area contributed by atoms with Gasteiger partial charge in [0.2, 0.25) is 0 Å². The van der Waals surface area contributed by atoms with Gasteiger partial charge in [-0.2, -0.15) is 0 Å². The Hall–Kier alpha value is -1.35. The quantitative estimate of drug-likeness (QED) is 0.777. The molecule has 0 amide bonds. The fraction of sp³-hybridized carbons (Fsp3) is 0.417. The fourth-order valence-electron chi connectivity index (χ4n) is 1.08. The molecule has 0 aliphatic carbocycles. The van der Waals surface area contributed by atoms with Crippen molar-refractivity contribution in [3.05, 3.63) is 35.9 Å². The number of ether oxygens (including phenoxy) is 1. The summed E-state index contributed by atoms with van der Waals surface area (Å²) in [5.74, 6) is -0.281. The van der Waals surface area contributed by atoms with Crippen LogP contribution in [-0.2, 0) is 9.53 Å². The van der Waals surface area contributed by atoms with Gasteiger partial charge in [-0.05, 0) is 5.56 Å². The summed E-state index contributed by atoms with van der Waals surface area (Å²) >= 11 is 0. The molecule has 1 rings (SSSR count). The van der Waals surface area contributed by atoms with E-state index >= 15 is 0 Å². The Bertz CT molecular complexity index is 272. The van der Waals surface area contributed by atoms with Crippen molar-refractivity contribution in [1.82, 2.24) is 0 Å². The van der Waals surface area contributed by atoms with Crippen molar-refractivity contribution in [3.63, 3.8) is 0 Å². The summed E-state index contributed by atoms with van der Waals surface area (Å²) in [7, 11) is 1.36. The van der Waals surface area contributed by atoms with Crippen molar-refractivity contribution < 1.29 is 9.53 Å². The average Bonchev–Trinajstić information content (AvgIpc) is 2.32. The van der Waals surface area contributed by atoms with Gasteiger partial charge in [0.25, 0.3) is 0 Å². The molecule has 1 aromatic rings. The van der Waals surface area contributed by atoms with Gasteiger partial charge in [0.15, 0.2) is 0 Å². The van der Waals surface area contributed by atoms with Gasteiger partial charge in [0.1, 0.15) is 0 Å². The third-order valence-corrected chi connectivity index (χ3v) is 1.84. The summed E-state index contributed by atoms with van der Waals surface area (Å²) in [6.45, 7) is 4.00. The first-order valence-electron chi connectivity index (χ1n) is 5.11. The lowest BCUT2D eigenvalue weighted by Gasteiger charge is -2.09. The molecule has 0 aliphatic rings. The van der Waals surface area contributed by atoms with Crippen molar-refractivity contribution in [2.24, 2.45) is 5.73 Å². The van der Waals surface area contributed by atoms with E-state index in [2.05, 4.69) is 4.74 Å². The maximum absolute atomic E-state index is 10.9. The molecular weight excluding hydrogens is 190 g/mol. The number of rotatable bonds is 3. The Balaban J connectivity index is 0.000000921. The predicted octanol–water partition coefficient (Wildman–Crippen LogP) is 2.28.